The van der Waals surface area contributed by atoms with Crippen LogP contribution in [0.1, 0.15) is 19.4 Å². The molecule has 1 N–H and O–H groups in total. The van der Waals surface area contributed by atoms with Crippen LogP contribution in [0.3, 0.4) is 0 Å². The third-order valence-corrected chi connectivity index (χ3v) is 5.26. The summed E-state index contributed by atoms with van der Waals surface area (Å²) in [4.78, 5) is 4.26. The van der Waals surface area contributed by atoms with Crippen molar-refractivity contribution in [1.29, 1.82) is 0 Å². The van der Waals surface area contributed by atoms with Gasteiger partial charge in [-0.1, -0.05) is 0 Å². The molecule has 1 aromatic heterocycles. The fraction of sp³-hybridized carbons (Fsp3) is 0.750. The molecule has 108 valence electrons. The Bertz CT molecular complexity index is 512. The van der Waals surface area contributed by atoms with Crippen LogP contribution in [-0.4, -0.2) is 49.7 Å². The van der Waals surface area contributed by atoms with E-state index in [1.54, 1.807) is 13.3 Å². The van der Waals surface area contributed by atoms with Gasteiger partial charge in [-0.05, 0) is 19.3 Å². The van der Waals surface area contributed by atoms with Crippen LogP contribution in [0, 0.1) is 5.92 Å². The minimum absolute atomic E-state index is 0.188. The smallest absolute Gasteiger partial charge is 0.203 e. The molecule has 1 aliphatic heterocycles. The molecule has 2 unspecified atom stereocenters. The van der Waals surface area contributed by atoms with E-state index in [2.05, 4.69) is 17.2 Å². The zero-order chi connectivity index (χ0) is 13.9. The minimum atomic E-state index is -2.81. The first-order chi connectivity index (χ1) is 9.02. The quantitative estimate of drug-likeness (QED) is 0.843. The van der Waals surface area contributed by atoms with Gasteiger partial charge in [0.25, 0.3) is 0 Å². The molecule has 1 saturated heterocycles. The zero-order valence-electron chi connectivity index (χ0n) is 11.4. The molecule has 0 aliphatic carbocycles. The molecular formula is C12H21N3O3S. The van der Waals surface area contributed by atoms with E-state index in [0.29, 0.717) is 18.9 Å². The van der Waals surface area contributed by atoms with E-state index in [4.69, 9.17) is 4.74 Å². The lowest BCUT2D eigenvalue weighted by Gasteiger charge is -2.17. The van der Waals surface area contributed by atoms with Gasteiger partial charge in [-0.15, -0.1) is 0 Å². The molecule has 7 heteroatoms. The lowest BCUT2D eigenvalue weighted by molar-refractivity contribution is 0.163. The van der Waals surface area contributed by atoms with Gasteiger partial charge in [0.1, 0.15) is 0 Å². The van der Waals surface area contributed by atoms with Crippen molar-refractivity contribution in [2.75, 3.05) is 37.1 Å². The van der Waals surface area contributed by atoms with E-state index in [0.717, 1.165) is 12.4 Å². The van der Waals surface area contributed by atoms with Crippen molar-refractivity contribution in [3.05, 3.63) is 12.4 Å². The number of hydrogen-bond acceptors (Lipinski definition) is 5. The molecule has 0 amide bonds. The summed E-state index contributed by atoms with van der Waals surface area (Å²) >= 11 is 0. The Kier molecular flexibility index (Phi) is 4.46. The predicted octanol–water partition coefficient (Wildman–Crippen LogP) is 0.937. The molecule has 19 heavy (non-hydrogen) atoms. The second-order valence-electron chi connectivity index (χ2n) is 5.11. The highest BCUT2D eigenvalue weighted by molar-refractivity contribution is 7.91. The first kappa shape index (κ1) is 14.3. The maximum Gasteiger partial charge on any atom is 0.203 e. The average Bonchev–Trinajstić information content (AvgIpc) is 2.93. The largest absolute Gasteiger partial charge is 0.383 e. The standard InChI is InChI=1S/C12H21N3O3S/c1-10(8-18-2)15-5-4-13-12(15)14-7-11-3-6-19(16,17)9-11/h4-5,10-11H,3,6-9H2,1-2H3,(H,13,14). The van der Waals surface area contributed by atoms with E-state index >= 15 is 0 Å². The number of hydrogen-bond donors (Lipinski definition) is 1. The van der Waals surface area contributed by atoms with Crippen molar-refractivity contribution in [3.8, 4) is 0 Å². The number of aromatic nitrogens is 2. The first-order valence-electron chi connectivity index (χ1n) is 6.48. The SMILES string of the molecule is COCC(C)n1ccnc1NCC1CCS(=O)(=O)C1. The van der Waals surface area contributed by atoms with Crippen LogP contribution in [0.5, 0.6) is 0 Å². The number of imidazole rings is 1. The minimum Gasteiger partial charge on any atom is -0.383 e. The highest BCUT2D eigenvalue weighted by Crippen LogP contribution is 2.20. The number of methoxy groups -OCH3 is 1. The lowest BCUT2D eigenvalue weighted by Crippen LogP contribution is -2.20. The lowest BCUT2D eigenvalue weighted by atomic mass is 10.1. The third-order valence-electron chi connectivity index (χ3n) is 3.43. The number of sulfone groups is 1. The summed E-state index contributed by atoms with van der Waals surface area (Å²) in [5.41, 5.74) is 0. The molecule has 0 aromatic carbocycles. The van der Waals surface area contributed by atoms with Crippen LogP contribution in [0.15, 0.2) is 12.4 Å². The Labute approximate surface area is 114 Å². The number of rotatable bonds is 6. The Morgan fingerprint density at radius 1 is 1.63 bits per heavy atom. The second-order valence-corrected chi connectivity index (χ2v) is 7.34. The normalized spacial score (nSPS) is 23.4. The average molecular weight is 287 g/mol. The molecule has 6 nitrogen and oxygen atoms in total. The molecule has 0 radical (unpaired) electrons. The van der Waals surface area contributed by atoms with Gasteiger partial charge < -0.3 is 14.6 Å². The molecule has 0 saturated carbocycles. The van der Waals surface area contributed by atoms with Gasteiger partial charge in [0.15, 0.2) is 9.84 Å². The summed E-state index contributed by atoms with van der Waals surface area (Å²) in [6, 6.07) is 0.197. The van der Waals surface area contributed by atoms with E-state index in [1.165, 1.54) is 0 Å². The van der Waals surface area contributed by atoms with E-state index in [1.807, 2.05) is 10.8 Å². The zero-order valence-corrected chi connectivity index (χ0v) is 12.2. The Morgan fingerprint density at radius 2 is 2.42 bits per heavy atom. The van der Waals surface area contributed by atoms with Gasteiger partial charge in [-0.3, -0.25) is 0 Å². The van der Waals surface area contributed by atoms with Gasteiger partial charge in [-0.25, -0.2) is 13.4 Å². The molecule has 0 spiro atoms. The van der Waals surface area contributed by atoms with Crippen LogP contribution in [-0.2, 0) is 14.6 Å². The van der Waals surface area contributed by atoms with E-state index < -0.39 is 9.84 Å². The summed E-state index contributed by atoms with van der Waals surface area (Å²) in [5, 5.41) is 3.24. The van der Waals surface area contributed by atoms with Crippen molar-refractivity contribution in [2.45, 2.75) is 19.4 Å². The second kappa shape index (κ2) is 5.92. The number of nitrogens with one attached hydrogen (secondary N) is 1. The van der Waals surface area contributed by atoms with Gasteiger partial charge >= 0.3 is 0 Å². The summed E-state index contributed by atoms with van der Waals surface area (Å²) < 4.78 is 29.9. The van der Waals surface area contributed by atoms with Crippen molar-refractivity contribution in [3.63, 3.8) is 0 Å². The molecule has 2 atom stereocenters. The summed E-state index contributed by atoms with van der Waals surface area (Å²) in [5.74, 6) is 1.56. The molecule has 1 fully saturated rings. The van der Waals surface area contributed by atoms with Gasteiger partial charge in [0.05, 0.1) is 24.2 Å². The highest BCUT2D eigenvalue weighted by atomic mass is 32.2. The fourth-order valence-corrected chi connectivity index (χ4v) is 4.26. The number of anilines is 1. The van der Waals surface area contributed by atoms with Gasteiger partial charge in [0.2, 0.25) is 5.95 Å². The van der Waals surface area contributed by atoms with E-state index in [9.17, 15) is 8.42 Å². The summed E-state index contributed by atoms with van der Waals surface area (Å²) in [7, 11) is -1.14. The monoisotopic (exact) mass is 287 g/mol. The van der Waals surface area contributed by atoms with Crippen molar-refractivity contribution in [1.82, 2.24) is 9.55 Å². The van der Waals surface area contributed by atoms with E-state index in [-0.39, 0.29) is 17.7 Å². The Balaban J connectivity index is 1.92. The van der Waals surface area contributed by atoms with Gasteiger partial charge in [0, 0.05) is 26.0 Å². The number of nitrogens with zero attached hydrogens (tertiary/aromatic N) is 2. The highest BCUT2D eigenvalue weighted by Gasteiger charge is 2.27. The van der Waals surface area contributed by atoms with Crippen LogP contribution < -0.4 is 5.32 Å². The maximum absolute atomic E-state index is 11.4. The first-order valence-corrected chi connectivity index (χ1v) is 8.30. The summed E-state index contributed by atoms with van der Waals surface area (Å²) in [6.45, 7) is 3.31. The molecule has 0 bridgehead atoms. The fourth-order valence-electron chi connectivity index (χ4n) is 2.40. The maximum atomic E-state index is 11.4. The topological polar surface area (TPSA) is 73.2 Å². The van der Waals surface area contributed by atoms with Crippen LogP contribution >= 0.6 is 0 Å². The van der Waals surface area contributed by atoms with Crippen molar-refractivity contribution < 1.29 is 13.2 Å². The molecule has 1 aromatic rings. The van der Waals surface area contributed by atoms with Crippen LogP contribution in [0.25, 0.3) is 0 Å². The Hall–Kier alpha value is -1.08. The molecule has 2 heterocycles. The van der Waals surface area contributed by atoms with Crippen molar-refractivity contribution in [2.24, 2.45) is 5.92 Å². The molecule has 1 aliphatic rings. The predicted molar refractivity (Wildman–Crippen MR) is 74.1 cm³/mol. The molecular weight excluding hydrogens is 266 g/mol. The van der Waals surface area contributed by atoms with Crippen molar-refractivity contribution >= 4 is 15.8 Å². The number of ether oxygens (including phenoxy) is 1. The Morgan fingerprint density at radius 3 is 3.05 bits per heavy atom. The van der Waals surface area contributed by atoms with Crippen LogP contribution in [0.4, 0.5) is 5.95 Å². The molecule has 2 rings (SSSR count). The van der Waals surface area contributed by atoms with Gasteiger partial charge in [-0.2, -0.15) is 0 Å². The van der Waals surface area contributed by atoms with Crippen LogP contribution in [0.2, 0.25) is 0 Å². The third kappa shape index (κ3) is 3.70. The summed E-state index contributed by atoms with van der Waals surface area (Å²) in [6.07, 6.45) is 4.38.